The molecule has 88 valence electrons. The second-order valence-electron chi connectivity index (χ2n) is 3.87. The van der Waals surface area contributed by atoms with Crippen molar-refractivity contribution in [1.82, 2.24) is 4.98 Å². The number of aryl methyl sites for hydroxylation is 1. The molecule has 0 spiro atoms. The van der Waals surface area contributed by atoms with Gasteiger partial charge < -0.3 is 10.7 Å². The number of benzene rings is 1. The Bertz CT molecular complexity index is 605. The Morgan fingerprint density at radius 2 is 2.06 bits per heavy atom. The molecule has 0 fully saturated rings. The summed E-state index contributed by atoms with van der Waals surface area (Å²) < 4.78 is 0. The normalized spacial score (nSPS) is 10.5. The van der Waals surface area contributed by atoms with Gasteiger partial charge in [-0.25, -0.2) is 0 Å². The zero-order valence-electron chi connectivity index (χ0n) is 9.46. The molecule has 0 saturated carbocycles. The Kier molecular flexibility index (Phi) is 3.31. The van der Waals surface area contributed by atoms with Gasteiger partial charge in [0.05, 0.1) is 10.7 Å². The lowest BCUT2D eigenvalue weighted by Gasteiger charge is -2.08. The minimum absolute atomic E-state index is 0.184. The molecule has 4 heteroatoms. The van der Waals surface area contributed by atoms with Gasteiger partial charge in [0.15, 0.2) is 0 Å². The minimum atomic E-state index is -0.185. The van der Waals surface area contributed by atoms with Gasteiger partial charge in [-0.3, -0.25) is 4.79 Å². The number of H-pyrrole nitrogens is 1. The van der Waals surface area contributed by atoms with Gasteiger partial charge in [-0.15, -0.1) is 0 Å². The van der Waals surface area contributed by atoms with E-state index >= 15 is 0 Å². The Morgan fingerprint density at radius 3 is 2.71 bits per heavy atom. The van der Waals surface area contributed by atoms with Crippen LogP contribution in [-0.4, -0.2) is 4.98 Å². The van der Waals surface area contributed by atoms with Crippen LogP contribution in [0.2, 0.25) is 5.02 Å². The molecule has 3 N–H and O–H groups in total. The molecule has 1 aromatic heterocycles. The van der Waals surface area contributed by atoms with Crippen LogP contribution in [0, 0.1) is 6.92 Å². The first-order valence-corrected chi connectivity index (χ1v) is 5.69. The topological polar surface area (TPSA) is 58.9 Å². The lowest BCUT2D eigenvalue weighted by atomic mass is 10.0. The third-order valence-corrected chi connectivity index (χ3v) is 3.00. The van der Waals surface area contributed by atoms with Crippen molar-refractivity contribution in [3.05, 3.63) is 56.8 Å². The second-order valence-corrected chi connectivity index (χ2v) is 4.27. The van der Waals surface area contributed by atoms with Gasteiger partial charge in [-0.2, -0.15) is 0 Å². The molecule has 0 bridgehead atoms. The molecule has 1 heterocycles. The van der Waals surface area contributed by atoms with Crippen LogP contribution < -0.4 is 11.3 Å². The number of pyridine rings is 1. The summed E-state index contributed by atoms with van der Waals surface area (Å²) in [6.07, 6.45) is 0. The molecular weight excluding hydrogens is 236 g/mol. The lowest BCUT2D eigenvalue weighted by molar-refractivity contribution is 1.02. The number of rotatable bonds is 2. The number of aromatic nitrogens is 1. The fourth-order valence-corrected chi connectivity index (χ4v) is 2.03. The molecule has 17 heavy (non-hydrogen) atoms. The fraction of sp³-hybridized carbons (Fsp3) is 0.154. The molecule has 0 radical (unpaired) electrons. The summed E-state index contributed by atoms with van der Waals surface area (Å²) >= 11 is 6.16. The maximum atomic E-state index is 11.7. The van der Waals surface area contributed by atoms with Crippen LogP contribution >= 0.6 is 11.6 Å². The van der Waals surface area contributed by atoms with Gasteiger partial charge in [0.2, 0.25) is 0 Å². The predicted molar refractivity (Wildman–Crippen MR) is 70.1 cm³/mol. The van der Waals surface area contributed by atoms with Crippen molar-refractivity contribution in [3.63, 3.8) is 0 Å². The maximum absolute atomic E-state index is 11.7. The quantitative estimate of drug-likeness (QED) is 0.858. The van der Waals surface area contributed by atoms with E-state index in [1.807, 2.05) is 31.2 Å². The van der Waals surface area contributed by atoms with E-state index < -0.39 is 0 Å². The highest BCUT2D eigenvalue weighted by molar-refractivity contribution is 6.33. The molecule has 0 atom stereocenters. The highest BCUT2D eigenvalue weighted by Crippen LogP contribution is 2.27. The van der Waals surface area contributed by atoms with Crippen LogP contribution in [0.25, 0.3) is 11.3 Å². The number of nitrogens with one attached hydrogen (secondary N) is 1. The average Bonchev–Trinajstić information content (AvgIpc) is 2.32. The van der Waals surface area contributed by atoms with Crippen molar-refractivity contribution >= 4 is 11.6 Å². The van der Waals surface area contributed by atoms with Gasteiger partial charge in [0.1, 0.15) is 0 Å². The van der Waals surface area contributed by atoms with Crippen molar-refractivity contribution in [1.29, 1.82) is 0 Å². The summed E-state index contributed by atoms with van der Waals surface area (Å²) in [4.78, 5) is 14.5. The first kappa shape index (κ1) is 11.9. The Hall–Kier alpha value is -1.58. The lowest BCUT2D eigenvalue weighted by Crippen LogP contribution is -2.16. The van der Waals surface area contributed by atoms with E-state index in [4.69, 9.17) is 17.3 Å². The zero-order valence-corrected chi connectivity index (χ0v) is 10.2. The third kappa shape index (κ3) is 2.25. The van der Waals surface area contributed by atoms with Crippen LogP contribution in [0.1, 0.15) is 11.1 Å². The predicted octanol–water partition coefficient (Wildman–Crippen LogP) is 2.46. The first-order valence-electron chi connectivity index (χ1n) is 5.31. The van der Waals surface area contributed by atoms with Crippen molar-refractivity contribution in [2.45, 2.75) is 13.5 Å². The van der Waals surface area contributed by atoms with Crippen molar-refractivity contribution < 1.29 is 0 Å². The van der Waals surface area contributed by atoms with E-state index in [-0.39, 0.29) is 12.1 Å². The van der Waals surface area contributed by atoms with Crippen LogP contribution in [0.5, 0.6) is 0 Å². The SMILES string of the molecule is Cc1ccccc1-c1[nH]c(=O)c(CN)cc1Cl. The van der Waals surface area contributed by atoms with E-state index in [2.05, 4.69) is 4.98 Å². The van der Waals surface area contributed by atoms with Gasteiger partial charge in [0, 0.05) is 17.7 Å². The maximum Gasteiger partial charge on any atom is 0.252 e. The van der Waals surface area contributed by atoms with Crippen LogP contribution in [0.15, 0.2) is 35.1 Å². The van der Waals surface area contributed by atoms with Crippen LogP contribution in [-0.2, 0) is 6.54 Å². The Morgan fingerprint density at radius 1 is 1.35 bits per heavy atom. The molecule has 3 nitrogen and oxygen atoms in total. The van der Waals surface area contributed by atoms with E-state index in [0.29, 0.717) is 16.3 Å². The average molecular weight is 249 g/mol. The minimum Gasteiger partial charge on any atom is -0.326 e. The van der Waals surface area contributed by atoms with Crippen molar-refractivity contribution in [2.75, 3.05) is 0 Å². The Labute approximate surface area is 104 Å². The van der Waals surface area contributed by atoms with Crippen LogP contribution in [0.3, 0.4) is 0 Å². The zero-order chi connectivity index (χ0) is 12.4. The van der Waals surface area contributed by atoms with E-state index in [1.165, 1.54) is 0 Å². The monoisotopic (exact) mass is 248 g/mol. The fourth-order valence-electron chi connectivity index (χ4n) is 1.75. The largest absolute Gasteiger partial charge is 0.326 e. The number of hydrogen-bond acceptors (Lipinski definition) is 2. The molecule has 0 amide bonds. The molecule has 0 aliphatic rings. The number of hydrogen-bond donors (Lipinski definition) is 2. The molecule has 0 unspecified atom stereocenters. The molecule has 2 rings (SSSR count). The summed E-state index contributed by atoms with van der Waals surface area (Å²) in [5.74, 6) is 0. The highest BCUT2D eigenvalue weighted by atomic mass is 35.5. The summed E-state index contributed by atoms with van der Waals surface area (Å²) in [6.45, 7) is 2.16. The number of nitrogens with two attached hydrogens (primary N) is 1. The summed E-state index contributed by atoms with van der Waals surface area (Å²) in [7, 11) is 0. The molecular formula is C13H13ClN2O. The van der Waals surface area contributed by atoms with E-state index in [9.17, 15) is 4.79 Å². The smallest absolute Gasteiger partial charge is 0.252 e. The summed E-state index contributed by atoms with van der Waals surface area (Å²) in [5.41, 5.74) is 8.40. The van der Waals surface area contributed by atoms with Crippen LogP contribution in [0.4, 0.5) is 0 Å². The van der Waals surface area contributed by atoms with Gasteiger partial charge >= 0.3 is 0 Å². The van der Waals surface area contributed by atoms with E-state index in [0.717, 1.165) is 11.1 Å². The van der Waals surface area contributed by atoms with Gasteiger partial charge in [0.25, 0.3) is 5.56 Å². The van der Waals surface area contributed by atoms with Crippen molar-refractivity contribution in [3.8, 4) is 11.3 Å². The van der Waals surface area contributed by atoms with Gasteiger partial charge in [-0.1, -0.05) is 35.9 Å². The summed E-state index contributed by atoms with van der Waals surface area (Å²) in [5, 5.41) is 0.513. The summed E-state index contributed by atoms with van der Waals surface area (Å²) in [6, 6.07) is 9.38. The molecule has 1 aromatic carbocycles. The Balaban J connectivity index is 2.65. The number of halogens is 1. The standard InChI is InChI=1S/C13H13ClN2O/c1-8-4-2-3-5-10(8)12-11(14)6-9(7-15)13(17)16-12/h2-6H,7,15H2,1H3,(H,16,17). The molecule has 2 aromatic rings. The van der Waals surface area contributed by atoms with Crippen molar-refractivity contribution in [2.24, 2.45) is 5.73 Å². The highest BCUT2D eigenvalue weighted by Gasteiger charge is 2.09. The third-order valence-electron chi connectivity index (χ3n) is 2.70. The second kappa shape index (κ2) is 4.73. The van der Waals surface area contributed by atoms with E-state index in [1.54, 1.807) is 6.07 Å². The molecule has 0 saturated heterocycles. The first-order chi connectivity index (χ1) is 8.13. The molecule has 0 aliphatic carbocycles. The van der Waals surface area contributed by atoms with Gasteiger partial charge in [-0.05, 0) is 18.6 Å². The molecule has 0 aliphatic heterocycles. The number of aromatic amines is 1.